The van der Waals surface area contributed by atoms with Gasteiger partial charge in [0.05, 0.1) is 0 Å². The van der Waals surface area contributed by atoms with Crippen LogP contribution in [0.25, 0.3) is 5.69 Å². The average Bonchev–Trinajstić information content (AvgIpc) is 2.90. The first-order chi connectivity index (χ1) is 8.45. The first-order valence-corrected chi connectivity index (χ1v) is 6.11. The lowest BCUT2D eigenvalue weighted by Gasteiger charge is -2.22. The summed E-state index contributed by atoms with van der Waals surface area (Å²) < 4.78 is 2.09. The largest absolute Gasteiger partial charge is 0.316 e. The van der Waals surface area contributed by atoms with Crippen LogP contribution in [0.2, 0.25) is 0 Å². The van der Waals surface area contributed by atoms with E-state index in [0.717, 1.165) is 24.6 Å². The molecule has 88 valence electrons. The molecule has 1 aliphatic rings. The number of para-hydroxylation sites is 1. The molecule has 17 heavy (non-hydrogen) atoms. The Morgan fingerprint density at radius 2 is 2.12 bits per heavy atom. The molecule has 1 aromatic carbocycles. The van der Waals surface area contributed by atoms with Gasteiger partial charge >= 0.3 is 0 Å². The fourth-order valence-corrected chi connectivity index (χ4v) is 2.38. The highest BCUT2D eigenvalue weighted by atomic mass is 15.3. The molecule has 0 aliphatic carbocycles. The Bertz CT molecular complexity index is 471. The molecule has 1 fully saturated rings. The van der Waals surface area contributed by atoms with Gasteiger partial charge in [-0.15, -0.1) is 10.2 Å². The van der Waals surface area contributed by atoms with E-state index in [4.69, 9.17) is 0 Å². The van der Waals surface area contributed by atoms with Gasteiger partial charge in [0.2, 0.25) is 0 Å². The lowest BCUT2D eigenvalue weighted by Crippen LogP contribution is -2.29. The summed E-state index contributed by atoms with van der Waals surface area (Å²) in [5.74, 6) is 1.55. The van der Waals surface area contributed by atoms with Crippen LogP contribution in [-0.2, 0) is 0 Å². The smallest absolute Gasteiger partial charge is 0.141 e. The van der Waals surface area contributed by atoms with E-state index >= 15 is 0 Å². The highest BCUT2D eigenvalue weighted by Gasteiger charge is 2.20. The first kappa shape index (κ1) is 10.5. The minimum absolute atomic E-state index is 0.478. The Balaban J connectivity index is 1.93. The van der Waals surface area contributed by atoms with Crippen molar-refractivity contribution in [1.29, 1.82) is 0 Å². The summed E-state index contributed by atoms with van der Waals surface area (Å²) in [6.45, 7) is 2.13. The van der Waals surface area contributed by atoms with E-state index in [1.54, 1.807) is 6.33 Å². The predicted molar refractivity (Wildman–Crippen MR) is 66.2 cm³/mol. The first-order valence-electron chi connectivity index (χ1n) is 6.11. The standard InChI is InChI=1S/C13H16N4/c1-2-6-12(7-3-1)17-10-15-16-13(17)11-5-4-8-14-9-11/h1-3,6-7,10-11,14H,4-5,8-9H2/t11-/m0/s1. The Labute approximate surface area is 101 Å². The van der Waals surface area contributed by atoms with Crippen LogP contribution in [0, 0.1) is 0 Å². The van der Waals surface area contributed by atoms with Crippen molar-refractivity contribution >= 4 is 0 Å². The van der Waals surface area contributed by atoms with Crippen molar-refractivity contribution in [3.63, 3.8) is 0 Å². The van der Waals surface area contributed by atoms with Gasteiger partial charge in [-0.2, -0.15) is 0 Å². The molecule has 1 aromatic heterocycles. The molecule has 0 radical (unpaired) electrons. The van der Waals surface area contributed by atoms with E-state index in [1.807, 2.05) is 18.2 Å². The van der Waals surface area contributed by atoms with Crippen LogP contribution in [0.3, 0.4) is 0 Å². The van der Waals surface area contributed by atoms with Crippen LogP contribution in [0.5, 0.6) is 0 Å². The lowest BCUT2D eigenvalue weighted by molar-refractivity contribution is 0.442. The van der Waals surface area contributed by atoms with Crippen molar-refractivity contribution in [3.8, 4) is 5.69 Å². The topological polar surface area (TPSA) is 42.7 Å². The maximum atomic E-state index is 4.29. The third-order valence-electron chi connectivity index (χ3n) is 3.27. The number of rotatable bonds is 2. The quantitative estimate of drug-likeness (QED) is 0.851. The number of nitrogens with one attached hydrogen (secondary N) is 1. The molecule has 4 nitrogen and oxygen atoms in total. The summed E-state index contributed by atoms with van der Waals surface area (Å²) in [4.78, 5) is 0. The van der Waals surface area contributed by atoms with Crippen molar-refractivity contribution in [2.45, 2.75) is 18.8 Å². The number of piperidine rings is 1. The number of hydrogen-bond acceptors (Lipinski definition) is 3. The molecule has 4 heteroatoms. The summed E-state index contributed by atoms with van der Waals surface area (Å²) in [5, 5.41) is 11.8. The monoisotopic (exact) mass is 228 g/mol. The van der Waals surface area contributed by atoms with Gasteiger partial charge in [-0.05, 0) is 31.5 Å². The van der Waals surface area contributed by atoms with Gasteiger partial charge in [0, 0.05) is 18.2 Å². The second kappa shape index (κ2) is 4.67. The minimum atomic E-state index is 0.478. The summed E-state index contributed by atoms with van der Waals surface area (Å²) >= 11 is 0. The van der Waals surface area contributed by atoms with Crippen LogP contribution < -0.4 is 5.32 Å². The van der Waals surface area contributed by atoms with Crippen molar-refractivity contribution in [2.24, 2.45) is 0 Å². The third-order valence-corrected chi connectivity index (χ3v) is 3.27. The molecule has 1 aliphatic heterocycles. The van der Waals surface area contributed by atoms with Crippen LogP contribution >= 0.6 is 0 Å². The number of nitrogens with zero attached hydrogens (tertiary/aromatic N) is 3. The van der Waals surface area contributed by atoms with Gasteiger partial charge in [-0.1, -0.05) is 18.2 Å². The normalized spacial score (nSPS) is 20.4. The van der Waals surface area contributed by atoms with E-state index in [0.29, 0.717) is 5.92 Å². The van der Waals surface area contributed by atoms with Crippen LogP contribution in [0.4, 0.5) is 0 Å². The van der Waals surface area contributed by atoms with Gasteiger partial charge in [-0.25, -0.2) is 0 Å². The van der Waals surface area contributed by atoms with Gasteiger partial charge < -0.3 is 5.32 Å². The minimum Gasteiger partial charge on any atom is -0.316 e. The van der Waals surface area contributed by atoms with E-state index in [2.05, 4.69) is 32.2 Å². The molecule has 1 N–H and O–H groups in total. The van der Waals surface area contributed by atoms with Crippen molar-refractivity contribution < 1.29 is 0 Å². The molecule has 0 spiro atoms. The fourth-order valence-electron chi connectivity index (χ4n) is 2.38. The molecule has 0 saturated carbocycles. The molecule has 0 unspecified atom stereocenters. The highest BCUT2D eigenvalue weighted by molar-refractivity contribution is 5.32. The molecule has 0 amide bonds. The SMILES string of the molecule is c1ccc(-n2cnnc2[C@H]2CCCNC2)cc1. The second-order valence-electron chi connectivity index (χ2n) is 4.44. The van der Waals surface area contributed by atoms with Gasteiger partial charge in [-0.3, -0.25) is 4.57 Å². The lowest BCUT2D eigenvalue weighted by atomic mass is 9.99. The second-order valence-corrected chi connectivity index (χ2v) is 4.44. The molecule has 2 heterocycles. The summed E-state index contributed by atoms with van der Waals surface area (Å²) in [6, 6.07) is 10.3. The summed E-state index contributed by atoms with van der Waals surface area (Å²) in [7, 11) is 0. The van der Waals surface area contributed by atoms with Crippen molar-refractivity contribution in [1.82, 2.24) is 20.1 Å². The molecule has 1 saturated heterocycles. The molecule has 1 atom stereocenters. The molecule has 0 bridgehead atoms. The Kier molecular flexibility index (Phi) is 2.88. The van der Waals surface area contributed by atoms with E-state index in [-0.39, 0.29) is 0 Å². The molecular formula is C13H16N4. The number of hydrogen-bond donors (Lipinski definition) is 1. The average molecular weight is 228 g/mol. The number of aromatic nitrogens is 3. The highest BCUT2D eigenvalue weighted by Crippen LogP contribution is 2.23. The van der Waals surface area contributed by atoms with Gasteiger partial charge in [0.25, 0.3) is 0 Å². The van der Waals surface area contributed by atoms with E-state index < -0.39 is 0 Å². The third kappa shape index (κ3) is 2.08. The summed E-state index contributed by atoms with van der Waals surface area (Å²) in [5.41, 5.74) is 1.14. The van der Waals surface area contributed by atoms with Crippen molar-refractivity contribution in [2.75, 3.05) is 13.1 Å². The zero-order valence-electron chi connectivity index (χ0n) is 9.71. The number of benzene rings is 1. The van der Waals surface area contributed by atoms with Gasteiger partial charge in [0.1, 0.15) is 12.2 Å². The van der Waals surface area contributed by atoms with Crippen LogP contribution in [0.15, 0.2) is 36.7 Å². The van der Waals surface area contributed by atoms with Gasteiger partial charge in [0.15, 0.2) is 0 Å². The predicted octanol–water partition coefficient (Wildman–Crippen LogP) is 1.73. The van der Waals surface area contributed by atoms with Crippen LogP contribution in [-0.4, -0.2) is 27.9 Å². The van der Waals surface area contributed by atoms with Crippen LogP contribution in [0.1, 0.15) is 24.6 Å². The van der Waals surface area contributed by atoms with E-state index in [9.17, 15) is 0 Å². The zero-order chi connectivity index (χ0) is 11.5. The Morgan fingerprint density at radius 3 is 2.88 bits per heavy atom. The molecule has 2 aromatic rings. The van der Waals surface area contributed by atoms with Crippen molar-refractivity contribution in [3.05, 3.63) is 42.5 Å². The molecular weight excluding hydrogens is 212 g/mol. The maximum Gasteiger partial charge on any atom is 0.141 e. The Hall–Kier alpha value is -1.68. The van der Waals surface area contributed by atoms with E-state index in [1.165, 1.54) is 12.8 Å². The zero-order valence-corrected chi connectivity index (χ0v) is 9.71. The fraction of sp³-hybridized carbons (Fsp3) is 0.385. The summed E-state index contributed by atoms with van der Waals surface area (Å²) in [6.07, 6.45) is 4.21. The Morgan fingerprint density at radius 1 is 1.24 bits per heavy atom. The molecule has 3 rings (SSSR count). The maximum absolute atomic E-state index is 4.29.